The van der Waals surface area contributed by atoms with Crippen LogP contribution in [-0.4, -0.2) is 11.9 Å². The molecule has 0 spiro atoms. The van der Waals surface area contributed by atoms with Crippen molar-refractivity contribution in [2.45, 2.75) is 38.6 Å². The fourth-order valence-corrected chi connectivity index (χ4v) is 2.65. The van der Waals surface area contributed by atoms with E-state index in [0.717, 1.165) is 29.4 Å². The van der Waals surface area contributed by atoms with Crippen LogP contribution in [0, 0.1) is 6.92 Å². The minimum absolute atomic E-state index is 0.0856. The quantitative estimate of drug-likeness (QED) is 0.878. The van der Waals surface area contributed by atoms with E-state index in [4.69, 9.17) is 4.42 Å². The molecule has 1 aliphatic rings. The van der Waals surface area contributed by atoms with Crippen LogP contribution in [0.15, 0.2) is 28.7 Å². The molecule has 0 radical (unpaired) electrons. The molecule has 1 fully saturated rings. The van der Waals surface area contributed by atoms with Crippen LogP contribution in [0.5, 0.6) is 0 Å². The summed E-state index contributed by atoms with van der Waals surface area (Å²) in [6, 6.07) is 8.09. The minimum atomic E-state index is -0.0856. The smallest absolute Gasteiger partial charge is 0.287 e. The molecule has 3 heteroatoms. The SMILES string of the molecule is Cc1cccc2cc(C(=O)NC3CCCC3)oc12. The van der Waals surface area contributed by atoms with Gasteiger partial charge in [-0.2, -0.15) is 0 Å². The summed E-state index contributed by atoms with van der Waals surface area (Å²) in [6.07, 6.45) is 4.60. The molecule has 2 aromatic rings. The zero-order chi connectivity index (χ0) is 12.5. The molecule has 1 heterocycles. The van der Waals surface area contributed by atoms with E-state index in [1.807, 2.05) is 31.2 Å². The van der Waals surface area contributed by atoms with Crippen molar-refractivity contribution in [3.05, 3.63) is 35.6 Å². The van der Waals surface area contributed by atoms with Crippen molar-refractivity contribution < 1.29 is 9.21 Å². The first kappa shape index (κ1) is 11.3. The third-order valence-electron chi connectivity index (χ3n) is 3.66. The fraction of sp³-hybridized carbons (Fsp3) is 0.400. The molecule has 0 bridgehead atoms. The van der Waals surface area contributed by atoms with Gasteiger partial charge in [-0.3, -0.25) is 4.79 Å². The highest BCUT2D eigenvalue weighted by Crippen LogP contribution is 2.23. The van der Waals surface area contributed by atoms with Crippen molar-refractivity contribution in [1.82, 2.24) is 5.32 Å². The number of para-hydroxylation sites is 1. The number of carbonyl (C=O) groups is 1. The molecule has 3 nitrogen and oxygen atoms in total. The first-order valence-corrected chi connectivity index (χ1v) is 6.54. The lowest BCUT2D eigenvalue weighted by molar-refractivity contribution is 0.0912. The van der Waals surface area contributed by atoms with Gasteiger partial charge in [-0.1, -0.05) is 31.0 Å². The van der Waals surface area contributed by atoms with Crippen molar-refractivity contribution in [3.63, 3.8) is 0 Å². The lowest BCUT2D eigenvalue weighted by atomic mass is 10.2. The van der Waals surface area contributed by atoms with Crippen LogP contribution in [-0.2, 0) is 0 Å². The summed E-state index contributed by atoms with van der Waals surface area (Å²) in [5.41, 5.74) is 1.88. The van der Waals surface area contributed by atoms with Gasteiger partial charge in [0.25, 0.3) is 5.91 Å². The molecule has 18 heavy (non-hydrogen) atoms. The predicted octanol–water partition coefficient (Wildman–Crippen LogP) is 3.41. The average Bonchev–Trinajstić information content (AvgIpc) is 2.97. The number of hydrogen-bond donors (Lipinski definition) is 1. The second kappa shape index (κ2) is 4.48. The number of carbonyl (C=O) groups excluding carboxylic acids is 1. The van der Waals surface area contributed by atoms with Gasteiger partial charge in [0.1, 0.15) is 5.58 Å². The Labute approximate surface area is 106 Å². The number of benzene rings is 1. The Kier molecular flexibility index (Phi) is 2.82. The van der Waals surface area contributed by atoms with Crippen molar-refractivity contribution in [3.8, 4) is 0 Å². The van der Waals surface area contributed by atoms with Crippen LogP contribution in [0.25, 0.3) is 11.0 Å². The highest BCUT2D eigenvalue weighted by molar-refractivity contribution is 5.96. The van der Waals surface area contributed by atoms with Crippen molar-refractivity contribution in [2.75, 3.05) is 0 Å². The van der Waals surface area contributed by atoms with E-state index in [1.165, 1.54) is 12.8 Å². The number of nitrogens with one attached hydrogen (secondary N) is 1. The second-order valence-corrected chi connectivity index (χ2v) is 5.06. The van der Waals surface area contributed by atoms with Crippen LogP contribution >= 0.6 is 0 Å². The van der Waals surface area contributed by atoms with Crippen molar-refractivity contribution in [1.29, 1.82) is 0 Å². The highest BCUT2D eigenvalue weighted by Gasteiger charge is 2.20. The van der Waals surface area contributed by atoms with Crippen LogP contribution in [0.4, 0.5) is 0 Å². The van der Waals surface area contributed by atoms with Crippen LogP contribution in [0.3, 0.4) is 0 Å². The molecule has 1 aliphatic carbocycles. The number of aryl methyl sites for hydroxylation is 1. The fourth-order valence-electron chi connectivity index (χ4n) is 2.65. The van der Waals surface area contributed by atoms with Gasteiger partial charge in [0.05, 0.1) is 0 Å². The lowest BCUT2D eigenvalue weighted by Gasteiger charge is -2.09. The number of hydrogen-bond acceptors (Lipinski definition) is 2. The van der Waals surface area contributed by atoms with Gasteiger partial charge in [0, 0.05) is 11.4 Å². The predicted molar refractivity (Wildman–Crippen MR) is 70.7 cm³/mol. The van der Waals surface area contributed by atoms with Crippen molar-refractivity contribution in [2.24, 2.45) is 0 Å². The molecule has 0 atom stereocenters. The molecule has 0 saturated heterocycles. The molecule has 1 aromatic carbocycles. The average molecular weight is 243 g/mol. The Hall–Kier alpha value is -1.77. The van der Waals surface area contributed by atoms with E-state index in [9.17, 15) is 4.79 Å². The Bertz CT molecular complexity index is 579. The molecule has 1 N–H and O–H groups in total. The number of amides is 1. The second-order valence-electron chi connectivity index (χ2n) is 5.06. The first-order chi connectivity index (χ1) is 8.74. The third kappa shape index (κ3) is 2.01. The van der Waals surface area contributed by atoms with E-state index in [2.05, 4.69) is 5.32 Å². The summed E-state index contributed by atoms with van der Waals surface area (Å²) in [5, 5.41) is 4.04. The standard InChI is InChI=1S/C15H17NO2/c1-10-5-4-6-11-9-13(18-14(10)11)15(17)16-12-7-2-3-8-12/h4-6,9,12H,2-3,7-8H2,1H3,(H,16,17). The summed E-state index contributed by atoms with van der Waals surface area (Å²) in [5.74, 6) is 0.337. The first-order valence-electron chi connectivity index (χ1n) is 6.54. The topological polar surface area (TPSA) is 42.2 Å². The Balaban J connectivity index is 1.85. The Morgan fingerprint density at radius 2 is 2.11 bits per heavy atom. The maximum atomic E-state index is 12.1. The van der Waals surface area contributed by atoms with Gasteiger partial charge >= 0.3 is 0 Å². The zero-order valence-electron chi connectivity index (χ0n) is 10.5. The highest BCUT2D eigenvalue weighted by atomic mass is 16.3. The zero-order valence-corrected chi connectivity index (χ0v) is 10.5. The summed E-state index contributed by atoms with van der Waals surface area (Å²) < 4.78 is 5.66. The molecule has 94 valence electrons. The van der Waals surface area contributed by atoms with Crippen molar-refractivity contribution >= 4 is 16.9 Å². The molecular weight excluding hydrogens is 226 g/mol. The van der Waals surface area contributed by atoms with E-state index in [-0.39, 0.29) is 5.91 Å². The normalized spacial score (nSPS) is 16.3. The van der Waals surface area contributed by atoms with Crippen LogP contribution < -0.4 is 5.32 Å². The van der Waals surface area contributed by atoms with E-state index in [1.54, 1.807) is 0 Å². The number of furan rings is 1. The monoisotopic (exact) mass is 243 g/mol. The van der Waals surface area contributed by atoms with Gasteiger partial charge < -0.3 is 9.73 Å². The summed E-state index contributed by atoms with van der Waals surface area (Å²) in [7, 11) is 0. The van der Waals surface area contributed by atoms with Gasteiger partial charge in [0.2, 0.25) is 0 Å². The summed E-state index contributed by atoms with van der Waals surface area (Å²) >= 11 is 0. The Morgan fingerprint density at radius 3 is 2.83 bits per heavy atom. The number of fused-ring (bicyclic) bond motifs is 1. The minimum Gasteiger partial charge on any atom is -0.451 e. The molecule has 3 rings (SSSR count). The molecule has 0 unspecified atom stereocenters. The Morgan fingerprint density at radius 1 is 1.33 bits per heavy atom. The van der Waals surface area contributed by atoms with E-state index >= 15 is 0 Å². The van der Waals surface area contributed by atoms with Gasteiger partial charge in [-0.25, -0.2) is 0 Å². The van der Waals surface area contributed by atoms with Crippen LogP contribution in [0.1, 0.15) is 41.8 Å². The van der Waals surface area contributed by atoms with Gasteiger partial charge in [-0.05, 0) is 31.4 Å². The summed E-state index contributed by atoms with van der Waals surface area (Å²) in [4.78, 5) is 12.1. The van der Waals surface area contributed by atoms with Gasteiger partial charge in [-0.15, -0.1) is 0 Å². The molecule has 1 aromatic heterocycles. The largest absolute Gasteiger partial charge is 0.451 e. The maximum absolute atomic E-state index is 12.1. The van der Waals surface area contributed by atoms with E-state index in [0.29, 0.717) is 11.8 Å². The van der Waals surface area contributed by atoms with E-state index < -0.39 is 0 Å². The molecule has 1 amide bonds. The number of rotatable bonds is 2. The van der Waals surface area contributed by atoms with Gasteiger partial charge in [0.15, 0.2) is 5.76 Å². The molecular formula is C15H17NO2. The molecule has 0 aliphatic heterocycles. The lowest BCUT2D eigenvalue weighted by Crippen LogP contribution is -2.32. The summed E-state index contributed by atoms with van der Waals surface area (Å²) in [6.45, 7) is 1.99. The molecule has 1 saturated carbocycles. The third-order valence-corrected chi connectivity index (χ3v) is 3.66. The maximum Gasteiger partial charge on any atom is 0.287 e. The van der Waals surface area contributed by atoms with Crippen LogP contribution in [0.2, 0.25) is 0 Å².